The van der Waals surface area contributed by atoms with E-state index < -0.39 is 0 Å². The molecule has 1 saturated heterocycles. The summed E-state index contributed by atoms with van der Waals surface area (Å²) in [4.78, 5) is 17.6. The monoisotopic (exact) mass is 316 g/mol. The van der Waals surface area contributed by atoms with Gasteiger partial charge in [-0.15, -0.1) is 0 Å². The van der Waals surface area contributed by atoms with Crippen molar-refractivity contribution in [1.29, 1.82) is 0 Å². The minimum atomic E-state index is -0.0833. The first-order valence-electron chi connectivity index (χ1n) is 8.29. The maximum absolute atomic E-state index is 12.1. The molecule has 1 N–H and O–H groups in total. The maximum atomic E-state index is 12.1. The molecule has 0 saturated carbocycles. The van der Waals surface area contributed by atoms with Gasteiger partial charge in [0.1, 0.15) is 6.10 Å². The van der Waals surface area contributed by atoms with Crippen LogP contribution in [0.15, 0.2) is 23.4 Å². The quantitative estimate of drug-likeness (QED) is 0.927. The van der Waals surface area contributed by atoms with E-state index in [9.17, 15) is 4.79 Å². The summed E-state index contributed by atoms with van der Waals surface area (Å²) >= 11 is 0. The molecule has 1 fully saturated rings. The lowest BCUT2D eigenvalue weighted by Gasteiger charge is -2.21. The van der Waals surface area contributed by atoms with Gasteiger partial charge in [-0.1, -0.05) is 17.3 Å². The van der Waals surface area contributed by atoms with Crippen molar-refractivity contribution in [3.8, 4) is 0 Å². The van der Waals surface area contributed by atoms with Crippen molar-refractivity contribution in [2.24, 2.45) is 11.1 Å². The lowest BCUT2D eigenvalue weighted by Crippen LogP contribution is -2.39. The Bertz CT molecular complexity index is 606. The maximum Gasteiger partial charge on any atom is 0.225 e. The van der Waals surface area contributed by atoms with Crippen LogP contribution in [0.4, 0.5) is 0 Å². The molecule has 5 heteroatoms. The molecule has 1 amide bonds. The Kier molecular flexibility index (Phi) is 4.96. The molecule has 2 aliphatic rings. The van der Waals surface area contributed by atoms with Crippen LogP contribution >= 0.6 is 0 Å². The molecule has 0 aromatic heterocycles. The second-order valence-corrected chi connectivity index (χ2v) is 6.43. The Balaban J connectivity index is 1.49. The van der Waals surface area contributed by atoms with Crippen LogP contribution in [-0.4, -0.2) is 37.5 Å². The van der Waals surface area contributed by atoms with Gasteiger partial charge in [-0.2, -0.15) is 0 Å². The van der Waals surface area contributed by atoms with Crippen LogP contribution in [0.3, 0.4) is 0 Å². The predicted molar refractivity (Wildman–Crippen MR) is 88.5 cm³/mol. The number of amides is 1. The first-order valence-corrected chi connectivity index (χ1v) is 8.29. The topological polar surface area (TPSA) is 59.9 Å². The molecule has 0 spiro atoms. The molecular formula is C18H24N2O3. The summed E-state index contributed by atoms with van der Waals surface area (Å²) in [6, 6.07) is 6.31. The van der Waals surface area contributed by atoms with Crippen LogP contribution in [0.1, 0.15) is 36.0 Å². The number of nitrogens with one attached hydrogen (secondary N) is 1. The van der Waals surface area contributed by atoms with Crippen LogP contribution in [0.5, 0.6) is 0 Å². The average Bonchev–Trinajstić information content (AvgIpc) is 3.05. The SMILES string of the molecule is Cc1ccc(C2=NO[C@@H](CNC(=O)[C@@H]3CCCOC3)C2)cc1C. The Morgan fingerprint density at radius 1 is 1.35 bits per heavy atom. The zero-order chi connectivity index (χ0) is 16.2. The number of hydrogen-bond donors (Lipinski definition) is 1. The number of ether oxygens (including phenoxy) is 1. The van der Waals surface area contributed by atoms with Crippen LogP contribution in [0, 0.1) is 19.8 Å². The summed E-state index contributed by atoms with van der Waals surface area (Å²) in [6.07, 6.45) is 2.50. The zero-order valence-corrected chi connectivity index (χ0v) is 13.8. The number of nitrogens with zero attached hydrogens (tertiary/aromatic N) is 1. The van der Waals surface area contributed by atoms with E-state index in [0.29, 0.717) is 13.2 Å². The van der Waals surface area contributed by atoms with Gasteiger partial charge in [0.25, 0.3) is 0 Å². The summed E-state index contributed by atoms with van der Waals surface area (Å²) in [5.41, 5.74) is 4.57. The molecule has 0 unspecified atom stereocenters. The summed E-state index contributed by atoms with van der Waals surface area (Å²) in [6.45, 7) is 5.98. The van der Waals surface area contributed by atoms with Crippen molar-refractivity contribution in [3.05, 3.63) is 34.9 Å². The fraction of sp³-hybridized carbons (Fsp3) is 0.556. The predicted octanol–water partition coefficient (Wildman–Crippen LogP) is 2.34. The lowest BCUT2D eigenvalue weighted by molar-refractivity contribution is -0.129. The highest BCUT2D eigenvalue weighted by Gasteiger charge is 2.26. The molecule has 1 aromatic carbocycles. The van der Waals surface area contributed by atoms with Gasteiger partial charge in [-0.25, -0.2) is 0 Å². The molecule has 3 rings (SSSR count). The van der Waals surface area contributed by atoms with Crippen molar-refractivity contribution in [2.75, 3.05) is 19.8 Å². The summed E-state index contributed by atoms with van der Waals surface area (Å²) in [7, 11) is 0. The number of rotatable bonds is 4. The standard InChI is InChI=1S/C18H24N2O3/c1-12-5-6-14(8-13(12)2)17-9-16(23-20-17)10-19-18(21)15-4-3-7-22-11-15/h5-6,8,15-16H,3-4,7,9-11H2,1-2H3,(H,19,21)/t15-,16-/m1/s1. The van der Waals surface area contributed by atoms with Crippen LogP contribution in [0.2, 0.25) is 0 Å². The molecule has 0 radical (unpaired) electrons. The fourth-order valence-electron chi connectivity index (χ4n) is 2.94. The van der Waals surface area contributed by atoms with Gasteiger partial charge < -0.3 is 14.9 Å². The van der Waals surface area contributed by atoms with Crippen LogP contribution in [-0.2, 0) is 14.4 Å². The van der Waals surface area contributed by atoms with E-state index in [2.05, 4.69) is 42.5 Å². The largest absolute Gasteiger partial charge is 0.390 e. The molecule has 2 aliphatic heterocycles. The molecule has 0 aliphatic carbocycles. The highest BCUT2D eigenvalue weighted by molar-refractivity contribution is 6.01. The van der Waals surface area contributed by atoms with E-state index in [1.54, 1.807) is 0 Å². The molecule has 23 heavy (non-hydrogen) atoms. The first kappa shape index (κ1) is 16.0. The molecule has 124 valence electrons. The number of carbonyl (C=O) groups excluding carboxylic acids is 1. The minimum absolute atomic E-state index is 0.0229. The van der Waals surface area contributed by atoms with Gasteiger partial charge >= 0.3 is 0 Å². The van der Waals surface area contributed by atoms with Crippen molar-refractivity contribution in [1.82, 2.24) is 5.32 Å². The molecular weight excluding hydrogens is 292 g/mol. The summed E-state index contributed by atoms with van der Waals surface area (Å²) in [5.74, 6) is 0.0400. The van der Waals surface area contributed by atoms with E-state index in [0.717, 1.165) is 37.1 Å². The average molecular weight is 316 g/mol. The van der Waals surface area contributed by atoms with Crippen molar-refractivity contribution >= 4 is 11.6 Å². The number of carbonyl (C=O) groups is 1. The third-order valence-electron chi connectivity index (χ3n) is 4.61. The van der Waals surface area contributed by atoms with E-state index in [-0.39, 0.29) is 17.9 Å². The molecule has 0 bridgehead atoms. The van der Waals surface area contributed by atoms with Crippen molar-refractivity contribution < 1.29 is 14.4 Å². The highest BCUT2D eigenvalue weighted by atomic mass is 16.6. The third-order valence-corrected chi connectivity index (χ3v) is 4.61. The van der Waals surface area contributed by atoms with Gasteiger partial charge in [0.15, 0.2) is 0 Å². The van der Waals surface area contributed by atoms with E-state index in [1.807, 2.05) is 0 Å². The zero-order valence-electron chi connectivity index (χ0n) is 13.8. The van der Waals surface area contributed by atoms with Gasteiger partial charge in [0, 0.05) is 13.0 Å². The summed E-state index contributed by atoms with van der Waals surface area (Å²) < 4.78 is 5.36. The summed E-state index contributed by atoms with van der Waals surface area (Å²) in [5, 5.41) is 7.16. The molecule has 1 aromatic rings. The normalized spacial score (nSPS) is 24.0. The van der Waals surface area contributed by atoms with Crippen LogP contribution in [0.25, 0.3) is 0 Å². The van der Waals surface area contributed by atoms with E-state index in [1.165, 1.54) is 11.1 Å². The van der Waals surface area contributed by atoms with Gasteiger partial charge in [0.2, 0.25) is 5.91 Å². The van der Waals surface area contributed by atoms with Gasteiger partial charge in [0.05, 0.1) is 24.8 Å². The van der Waals surface area contributed by atoms with Crippen LogP contribution < -0.4 is 5.32 Å². The fourth-order valence-corrected chi connectivity index (χ4v) is 2.94. The molecule has 2 heterocycles. The van der Waals surface area contributed by atoms with Crippen molar-refractivity contribution in [2.45, 2.75) is 39.2 Å². The number of oxime groups is 1. The molecule has 2 atom stereocenters. The Morgan fingerprint density at radius 2 is 2.22 bits per heavy atom. The first-order chi connectivity index (χ1) is 11.1. The van der Waals surface area contributed by atoms with E-state index >= 15 is 0 Å². The number of benzene rings is 1. The third kappa shape index (κ3) is 3.91. The number of aryl methyl sites for hydroxylation is 2. The second kappa shape index (κ2) is 7.13. The van der Waals surface area contributed by atoms with Gasteiger partial charge in [-0.05, 0) is 49.4 Å². The number of hydrogen-bond acceptors (Lipinski definition) is 4. The Labute approximate surface area is 137 Å². The molecule has 5 nitrogen and oxygen atoms in total. The highest BCUT2D eigenvalue weighted by Crippen LogP contribution is 2.19. The smallest absolute Gasteiger partial charge is 0.225 e. The Hall–Kier alpha value is -1.88. The second-order valence-electron chi connectivity index (χ2n) is 6.43. The van der Waals surface area contributed by atoms with E-state index in [4.69, 9.17) is 9.57 Å². The Morgan fingerprint density at radius 3 is 2.96 bits per heavy atom. The van der Waals surface area contributed by atoms with Gasteiger partial charge in [-0.3, -0.25) is 4.79 Å². The minimum Gasteiger partial charge on any atom is -0.390 e. The lowest BCUT2D eigenvalue weighted by atomic mass is 9.99. The van der Waals surface area contributed by atoms with Crippen molar-refractivity contribution in [3.63, 3.8) is 0 Å².